The van der Waals surface area contributed by atoms with Gasteiger partial charge in [0.1, 0.15) is 19.3 Å². The van der Waals surface area contributed by atoms with E-state index in [0.717, 1.165) is 27.8 Å². The normalized spacial score (nSPS) is 11.6. The van der Waals surface area contributed by atoms with Crippen molar-refractivity contribution in [2.24, 2.45) is 0 Å². The maximum absolute atomic E-state index is 12.8. The molecule has 0 aliphatic heterocycles. The molecule has 0 saturated carbocycles. The van der Waals surface area contributed by atoms with Crippen LogP contribution in [0.25, 0.3) is 0 Å². The number of carboxylic acid groups (broad SMARTS) is 1. The van der Waals surface area contributed by atoms with Crippen LogP contribution in [0.4, 0.5) is 0 Å². The number of carboxylic acids is 1. The Morgan fingerprint density at radius 3 is 1.43 bits per heavy atom. The van der Waals surface area contributed by atoms with Crippen LogP contribution in [0.2, 0.25) is 0 Å². The molecule has 0 aromatic heterocycles. The van der Waals surface area contributed by atoms with Gasteiger partial charge in [0.15, 0.2) is 11.5 Å². The highest BCUT2D eigenvalue weighted by molar-refractivity contribution is 5.74. The fourth-order valence-electron chi connectivity index (χ4n) is 4.89. The van der Waals surface area contributed by atoms with Crippen LogP contribution < -0.4 is 9.47 Å². The minimum absolute atomic E-state index is 0.315. The lowest BCUT2D eigenvalue weighted by atomic mass is 10.0. The minimum Gasteiger partial charge on any atom is -0.485 e. The molecule has 0 bridgehead atoms. The van der Waals surface area contributed by atoms with E-state index in [2.05, 4.69) is 0 Å². The first-order valence-corrected chi connectivity index (χ1v) is 14.1. The molecule has 0 heterocycles. The number of rotatable bonds is 14. The van der Waals surface area contributed by atoms with E-state index in [1.807, 2.05) is 144 Å². The van der Waals surface area contributed by atoms with Gasteiger partial charge in [-0.15, -0.1) is 0 Å². The smallest absolute Gasteiger partial charge is 0.321 e. The number of nitrogens with zero attached hydrogens (tertiary/aromatic N) is 1. The average molecular weight is 558 g/mol. The van der Waals surface area contributed by atoms with Crippen molar-refractivity contribution in [3.63, 3.8) is 0 Å². The van der Waals surface area contributed by atoms with E-state index in [4.69, 9.17) is 9.47 Å². The number of hydrogen-bond donors (Lipinski definition) is 1. The second kappa shape index (κ2) is 14.7. The Kier molecular flexibility index (Phi) is 10.0. The lowest BCUT2D eigenvalue weighted by Gasteiger charge is -2.29. The molecular weight excluding hydrogens is 522 g/mol. The van der Waals surface area contributed by atoms with Gasteiger partial charge in [-0.1, -0.05) is 127 Å². The van der Waals surface area contributed by atoms with Crippen LogP contribution in [0.15, 0.2) is 140 Å². The Morgan fingerprint density at radius 2 is 0.976 bits per heavy atom. The summed E-state index contributed by atoms with van der Waals surface area (Å²) in [5, 5.41) is 10.4. The van der Waals surface area contributed by atoms with Crippen LogP contribution >= 0.6 is 0 Å². The zero-order chi connectivity index (χ0) is 29.0. The third-order valence-electron chi connectivity index (χ3n) is 7.09. The molecule has 5 aromatic carbocycles. The lowest BCUT2D eigenvalue weighted by molar-refractivity contribution is -0.143. The molecule has 5 aromatic rings. The Labute approximate surface area is 247 Å². The summed E-state index contributed by atoms with van der Waals surface area (Å²) in [6.45, 7) is 1.81. The molecular formula is C37H35NO4. The summed E-state index contributed by atoms with van der Waals surface area (Å²) in [5.74, 6) is 0.350. The first-order valence-electron chi connectivity index (χ1n) is 14.1. The SMILES string of the molecule is O=C(O)[C@@H](Cc1ccc(OCc2ccccc2)c(OCc2ccccc2)c1)N(Cc1ccccc1)Cc1ccccc1. The van der Waals surface area contributed by atoms with Crippen molar-refractivity contribution < 1.29 is 19.4 Å². The van der Waals surface area contributed by atoms with E-state index in [0.29, 0.717) is 44.2 Å². The summed E-state index contributed by atoms with van der Waals surface area (Å²) in [4.78, 5) is 14.8. The predicted octanol–water partition coefficient (Wildman–Crippen LogP) is 7.54. The van der Waals surface area contributed by atoms with E-state index < -0.39 is 12.0 Å². The summed E-state index contributed by atoms with van der Waals surface area (Å²) in [5.41, 5.74) is 5.09. The van der Waals surface area contributed by atoms with E-state index in [9.17, 15) is 9.90 Å². The molecule has 0 amide bonds. The fourth-order valence-corrected chi connectivity index (χ4v) is 4.89. The topological polar surface area (TPSA) is 59.0 Å². The van der Waals surface area contributed by atoms with Gasteiger partial charge < -0.3 is 14.6 Å². The molecule has 5 heteroatoms. The number of aliphatic carboxylic acids is 1. The Bertz CT molecular complexity index is 1480. The van der Waals surface area contributed by atoms with E-state index in [1.54, 1.807) is 0 Å². The van der Waals surface area contributed by atoms with Gasteiger partial charge in [-0.3, -0.25) is 9.69 Å². The summed E-state index contributed by atoms with van der Waals surface area (Å²) in [7, 11) is 0. The van der Waals surface area contributed by atoms with Crippen LogP contribution in [-0.4, -0.2) is 22.0 Å². The molecule has 5 rings (SSSR count). The minimum atomic E-state index is -0.863. The number of ether oxygens (including phenoxy) is 2. The zero-order valence-electron chi connectivity index (χ0n) is 23.5. The summed E-state index contributed by atoms with van der Waals surface area (Å²) >= 11 is 0. The maximum Gasteiger partial charge on any atom is 0.321 e. The van der Waals surface area contributed by atoms with Gasteiger partial charge in [0.05, 0.1) is 0 Å². The van der Waals surface area contributed by atoms with E-state index in [1.165, 1.54) is 0 Å². The van der Waals surface area contributed by atoms with Crippen molar-refractivity contribution in [2.75, 3.05) is 0 Å². The third kappa shape index (κ3) is 8.32. The standard InChI is InChI=1S/C37H35NO4/c39-37(40)34(38(25-29-13-5-1-6-14-29)26-30-15-7-2-8-16-30)23-33-21-22-35(41-27-31-17-9-3-10-18-31)36(24-33)42-28-32-19-11-4-12-20-32/h1-22,24,34H,23,25-28H2,(H,39,40)/t34-/m1/s1. The zero-order valence-corrected chi connectivity index (χ0v) is 23.5. The Morgan fingerprint density at radius 1 is 0.548 bits per heavy atom. The quantitative estimate of drug-likeness (QED) is 0.153. The monoisotopic (exact) mass is 557 g/mol. The first-order chi connectivity index (χ1) is 20.6. The highest BCUT2D eigenvalue weighted by Crippen LogP contribution is 2.31. The average Bonchev–Trinajstić information content (AvgIpc) is 3.03. The largest absolute Gasteiger partial charge is 0.485 e. The molecule has 42 heavy (non-hydrogen) atoms. The summed E-state index contributed by atoms with van der Waals surface area (Å²) < 4.78 is 12.4. The van der Waals surface area contributed by atoms with E-state index >= 15 is 0 Å². The van der Waals surface area contributed by atoms with Gasteiger partial charge in [-0.2, -0.15) is 0 Å². The molecule has 0 saturated heterocycles. The summed E-state index contributed by atoms with van der Waals surface area (Å²) in [6, 6.07) is 44.9. The molecule has 0 aliphatic carbocycles. The second-order valence-corrected chi connectivity index (χ2v) is 10.3. The van der Waals surface area contributed by atoms with Crippen LogP contribution in [0.3, 0.4) is 0 Å². The molecule has 5 nitrogen and oxygen atoms in total. The molecule has 1 atom stereocenters. The Balaban J connectivity index is 1.40. The number of carbonyl (C=O) groups is 1. The second-order valence-electron chi connectivity index (χ2n) is 10.3. The van der Waals surface area contributed by atoms with Crippen molar-refractivity contribution in [1.82, 2.24) is 4.90 Å². The first kappa shape index (κ1) is 28.7. The molecule has 1 N–H and O–H groups in total. The highest BCUT2D eigenvalue weighted by Gasteiger charge is 2.27. The van der Waals surface area contributed by atoms with Gasteiger partial charge in [-0.25, -0.2) is 0 Å². The van der Waals surface area contributed by atoms with Gasteiger partial charge in [0.2, 0.25) is 0 Å². The van der Waals surface area contributed by atoms with Crippen molar-refractivity contribution in [2.45, 2.75) is 38.8 Å². The van der Waals surface area contributed by atoms with Gasteiger partial charge in [-0.05, 0) is 46.4 Å². The molecule has 0 aliphatic rings. The fraction of sp³-hybridized carbons (Fsp3) is 0.162. The highest BCUT2D eigenvalue weighted by atomic mass is 16.5. The molecule has 212 valence electrons. The van der Waals surface area contributed by atoms with Gasteiger partial charge in [0.25, 0.3) is 0 Å². The van der Waals surface area contributed by atoms with Crippen molar-refractivity contribution in [1.29, 1.82) is 0 Å². The molecule has 0 fully saturated rings. The third-order valence-corrected chi connectivity index (χ3v) is 7.09. The molecule has 0 unspecified atom stereocenters. The number of benzene rings is 5. The molecule has 0 spiro atoms. The lowest BCUT2D eigenvalue weighted by Crippen LogP contribution is -2.42. The van der Waals surface area contributed by atoms with Crippen molar-refractivity contribution >= 4 is 5.97 Å². The van der Waals surface area contributed by atoms with Crippen LogP contribution in [-0.2, 0) is 37.5 Å². The van der Waals surface area contributed by atoms with Crippen LogP contribution in [0.5, 0.6) is 11.5 Å². The van der Waals surface area contributed by atoms with Gasteiger partial charge >= 0.3 is 5.97 Å². The molecule has 0 radical (unpaired) electrons. The van der Waals surface area contributed by atoms with Crippen molar-refractivity contribution in [3.8, 4) is 11.5 Å². The number of hydrogen-bond acceptors (Lipinski definition) is 4. The van der Waals surface area contributed by atoms with Crippen molar-refractivity contribution in [3.05, 3.63) is 167 Å². The predicted molar refractivity (Wildman–Crippen MR) is 165 cm³/mol. The summed E-state index contributed by atoms with van der Waals surface area (Å²) in [6.07, 6.45) is 0.315. The van der Waals surface area contributed by atoms with E-state index in [-0.39, 0.29) is 0 Å². The maximum atomic E-state index is 12.8. The van der Waals surface area contributed by atoms with Gasteiger partial charge in [0, 0.05) is 13.1 Å². The Hall–Kier alpha value is -4.87. The van der Waals surface area contributed by atoms with Crippen LogP contribution in [0, 0.1) is 0 Å². The van der Waals surface area contributed by atoms with Crippen LogP contribution in [0.1, 0.15) is 27.8 Å².